The molecule has 0 aliphatic carbocycles. The standard InChI is InChI=1S/C16H16O3/c1-18-13-8-7-12-10-19-16(15(17)14(12)9-13)11-5-3-2-4-6-11/h2-9,15-17H,10H2,1H3. The highest BCUT2D eigenvalue weighted by molar-refractivity contribution is 5.39. The monoisotopic (exact) mass is 256 g/mol. The van der Waals surface area contributed by atoms with Crippen molar-refractivity contribution in [3.8, 4) is 5.75 Å². The van der Waals surface area contributed by atoms with Crippen LogP contribution in [0.4, 0.5) is 0 Å². The second-order valence-corrected chi connectivity index (χ2v) is 4.65. The molecule has 2 unspecified atom stereocenters. The fraction of sp³-hybridized carbons (Fsp3) is 0.250. The zero-order valence-electron chi connectivity index (χ0n) is 10.7. The van der Waals surface area contributed by atoms with Gasteiger partial charge in [-0.1, -0.05) is 36.4 Å². The summed E-state index contributed by atoms with van der Waals surface area (Å²) in [5.41, 5.74) is 2.89. The molecule has 0 radical (unpaired) electrons. The highest BCUT2D eigenvalue weighted by Crippen LogP contribution is 2.39. The number of rotatable bonds is 2. The highest BCUT2D eigenvalue weighted by Gasteiger charge is 2.30. The molecule has 3 nitrogen and oxygen atoms in total. The van der Waals surface area contributed by atoms with E-state index in [1.165, 1.54) is 0 Å². The van der Waals surface area contributed by atoms with Crippen LogP contribution in [0.3, 0.4) is 0 Å². The number of ether oxygens (including phenoxy) is 2. The molecule has 0 spiro atoms. The van der Waals surface area contributed by atoms with E-state index in [9.17, 15) is 5.11 Å². The summed E-state index contributed by atoms with van der Waals surface area (Å²) in [5, 5.41) is 10.5. The summed E-state index contributed by atoms with van der Waals surface area (Å²) in [5.74, 6) is 0.756. The maximum Gasteiger partial charge on any atom is 0.119 e. The molecule has 19 heavy (non-hydrogen) atoms. The molecule has 0 saturated carbocycles. The normalized spacial score (nSPS) is 21.8. The van der Waals surface area contributed by atoms with Gasteiger partial charge in [-0.3, -0.25) is 0 Å². The number of aliphatic hydroxyl groups excluding tert-OH is 1. The summed E-state index contributed by atoms with van der Waals surface area (Å²) >= 11 is 0. The lowest BCUT2D eigenvalue weighted by Gasteiger charge is -2.31. The molecule has 3 rings (SSSR count). The Morgan fingerprint density at radius 1 is 1.16 bits per heavy atom. The first-order valence-corrected chi connectivity index (χ1v) is 6.31. The van der Waals surface area contributed by atoms with Gasteiger partial charge in [-0.05, 0) is 28.8 Å². The first-order valence-electron chi connectivity index (χ1n) is 6.31. The van der Waals surface area contributed by atoms with E-state index >= 15 is 0 Å². The van der Waals surface area contributed by atoms with E-state index in [-0.39, 0.29) is 6.10 Å². The minimum absolute atomic E-state index is 0.319. The number of hydrogen-bond donors (Lipinski definition) is 1. The number of aliphatic hydroxyl groups is 1. The van der Waals surface area contributed by atoms with Gasteiger partial charge in [0.1, 0.15) is 18.0 Å². The molecule has 0 saturated heterocycles. The maximum absolute atomic E-state index is 10.5. The molecule has 2 aromatic carbocycles. The van der Waals surface area contributed by atoms with Gasteiger partial charge in [-0.15, -0.1) is 0 Å². The predicted octanol–water partition coefficient (Wildman–Crippen LogP) is 3.00. The topological polar surface area (TPSA) is 38.7 Å². The van der Waals surface area contributed by atoms with E-state index in [0.717, 1.165) is 22.4 Å². The van der Waals surface area contributed by atoms with Gasteiger partial charge in [0.2, 0.25) is 0 Å². The number of benzene rings is 2. The Labute approximate surface area is 112 Å². The second kappa shape index (κ2) is 5.03. The molecule has 1 N–H and O–H groups in total. The van der Waals surface area contributed by atoms with E-state index in [2.05, 4.69) is 0 Å². The van der Waals surface area contributed by atoms with Crippen LogP contribution in [-0.2, 0) is 11.3 Å². The summed E-state index contributed by atoms with van der Waals surface area (Å²) in [7, 11) is 1.63. The molecular formula is C16H16O3. The van der Waals surface area contributed by atoms with Gasteiger partial charge >= 0.3 is 0 Å². The minimum atomic E-state index is -0.666. The van der Waals surface area contributed by atoms with Crippen LogP contribution in [0.25, 0.3) is 0 Å². The van der Waals surface area contributed by atoms with Crippen LogP contribution in [-0.4, -0.2) is 12.2 Å². The molecule has 98 valence electrons. The third kappa shape index (κ3) is 2.23. The Balaban J connectivity index is 1.97. The van der Waals surface area contributed by atoms with Crippen LogP contribution < -0.4 is 4.74 Å². The molecule has 1 aliphatic rings. The Kier molecular flexibility index (Phi) is 3.23. The first-order chi connectivity index (χ1) is 9.29. The quantitative estimate of drug-likeness (QED) is 0.897. The number of hydrogen-bond acceptors (Lipinski definition) is 3. The van der Waals surface area contributed by atoms with Crippen molar-refractivity contribution in [2.75, 3.05) is 7.11 Å². The zero-order chi connectivity index (χ0) is 13.2. The average molecular weight is 256 g/mol. The molecule has 0 bridgehead atoms. The summed E-state index contributed by atoms with van der Waals surface area (Å²) in [6.45, 7) is 0.510. The van der Waals surface area contributed by atoms with Gasteiger partial charge in [-0.2, -0.15) is 0 Å². The van der Waals surface area contributed by atoms with Crippen molar-refractivity contribution in [3.63, 3.8) is 0 Å². The van der Waals surface area contributed by atoms with Gasteiger partial charge in [0.05, 0.1) is 13.7 Å². The fourth-order valence-electron chi connectivity index (χ4n) is 2.46. The summed E-state index contributed by atoms with van der Waals surface area (Å²) in [6.07, 6.45) is -0.984. The van der Waals surface area contributed by atoms with Gasteiger partial charge < -0.3 is 14.6 Å². The van der Waals surface area contributed by atoms with E-state index in [4.69, 9.17) is 9.47 Å². The van der Waals surface area contributed by atoms with Crippen molar-refractivity contribution in [2.45, 2.75) is 18.8 Å². The van der Waals surface area contributed by atoms with Crippen LogP contribution in [0.2, 0.25) is 0 Å². The largest absolute Gasteiger partial charge is 0.497 e. The SMILES string of the molecule is COc1ccc2c(c1)C(O)C(c1ccccc1)OC2. The Morgan fingerprint density at radius 3 is 2.68 bits per heavy atom. The Hall–Kier alpha value is -1.84. The van der Waals surface area contributed by atoms with E-state index in [1.54, 1.807) is 7.11 Å². The van der Waals surface area contributed by atoms with E-state index < -0.39 is 6.10 Å². The highest BCUT2D eigenvalue weighted by atomic mass is 16.5. The van der Waals surface area contributed by atoms with Crippen LogP contribution in [0.15, 0.2) is 48.5 Å². The fourth-order valence-corrected chi connectivity index (χ4v) is 2.46. The van der Waals surface area contributed by atoms with Crippen LogP contribution in [0.5, 0.6) is 5.75 Å². The van der Waals surface area contributed by atoms with Crippen molar-refractivity contribution in [2.24, 2.45) is 0 Å². The van der Waals surface area contributed by atoms with Gasteiger partial charge in [0.15, 0.2) is 0 Å². The summed E-state index contributed by atoms with van der Waals surface area (Å²) in [6, 6.07) is 15.5. The van der Waals surface area contributed by atoms with Crippen molar-refractivity contribution in [3.05, 3.63) is 65.2 Å². The second-order valence-electron chi connectivity index (χ2n) is 4.65. The smallest absolute Gasteiger partial charge is 0.119 e. The maximum atomic E-state index is 10.5. The third-order valence-electron chi connectivity index (χ3n) is 3.50. The lowest BCUT2D eigenvalue weighted by atomic mass is 9.92. The van der Waals surface area contributed by atoms with E-state index in [1.807, 2.05) is 48.5 Å². The molecule has 1 aliphatic heterocycles. The lowest BCUT2D eigenvalue weighted by Crippen LogP contribution is -2.21. The zero-order valence-corrected chi connectivity index (χ0v) is 10.7. The van der Waals surface area contributed by atoms with Gasteiger partial charge in [-0.25, -0.2) is 0 Å². The molecule has 3 heteroatoms. The Bertz CT molecular complexity index is 565. The Morgan fingerprint density at radius 2 is 1.95 bits per heavy atom. The molecule has 2 aromatic rings. The first kappa shape index (κ1) is 12.2. The van der Waals surface area contributed by atoms with Crippen molar-refractivity contribution >= 4 is 0 Å². The van der Waals surface area contributed by atoms with Crippen molar-refractivity contribution in [1.82, 2.24) is 0 Å². The predicted molar refractivity (Wildman–Crippen MR) is 71.9 cm³/mol. The molecular weight excluding hydrogens is 240 g/mol. The van der Waals surface area contributed by atoms with Crippen LogP contribution in [0.1, 0.15) is 28.9 Å². The minimum Gasteiger partial charge on any atom is -0.497 e. The van der Waals surface area contributed by atoms with Crippen molar-refractivity contribution in [1.29, 1.82) is 0 Å². The molecule has 0 aromatic heterocycles. The summed E-state index contributed by atoms with van der Waals surface area (Å²) < 4.78 is 11.0. The van der Waals surface area contributed by atoms with Crippen LogP contribution in [0, 0.1) is 0 Å². The number of fused-ring (bicyclic) bond motifs is 1. The number of methoxy groups -OCH3 is 1. The van der Waals surface area contributed by atoms with Crippen LogP contribution >= 0.6 is 0 Å². The van der Waals surface area contributed by atoms with Crippen molar-refractivity contribution < 1.29 is 14.6 Å². The average Bonchev–Trinajstić information content (AvgIpc) is 2.48. The molecule has 0 fully saturated rings. The molecule has 0 amide bonds. The molecule has 1 heterocycles. The van der Waals surface area contributed by atoms with E-state index in [0.29, 0.717) is 6.61 Å². The summed E-state index contributed by atoms with van der Waals surface area (Å²) in [4.78, 5) is 0. The van der Waals surface area contributed by atoms with Gasteiger partial charge in [0.25, 0.3) is 0 Å². The lowest BCUT2D eigenvalue weighted by molar-refractivity contribution is -0.0656. The van der Waals surface area contributed by atoms with Gasteiger partial charge in [0, 0.05) is 0 Å². The third-order valence-corrected chi connectivity index (χ3v) is 3.50. The molecule has 2 atom stereocenters.